The predicted molar refractivity (Wildman–Crippen MR) is 135 cm³/mol. The van der Waals surface area contributed by atoms with E-state index in [0.717, 1.165) is 12.8 Å². The number of nitrogens with one attached hydrogen (secondary N) is 3. The smallest absolute Gasteiger partial charge is 0.412 e. The van der Waals surface area contributed by atoms with E-state index in [-0.39, 0.29) is 34.6 Å². The Morgan fingerprint density at radius 3 is 2.63 bits per heavy atom. The maximum absolute atomic E-state index is 15.2. The number of carbonyl (C=O) groups is 4. The third-order valence-corrected chi connectivity index (χ3v) is 7.36. The SMILES string of the molecule is COC(=O)Nc1ccc(C(=O)N[C@H](C(=O)N2CCC[C@@]3(C2)OC(=O)Nc2ccc(Cl)c(F)c23)C2CC2)cc1. The number of anilines is 2. The van der Waals surface area contributed by atoms with Gasteiger partial charge in [-0.1, -0.05) is 11.6 Å². The minimum Gasteiger partial charge on any atom is -0.453 e. The number of ether oxygens (including phenoxy) is 2. The summed E-state index contributed by atoms with van der Waals surface area (Å²) in [6, 6.07) is 8.26. The standard InChI is InChI=1S/C26H26ClFN4O6/c1-37-24(35)29-16-7-5-15(6-8-16)22(33)31-21(14-3-4-14)23(34)32-12-2-11-26(13-32)19-18(30-25(36)38-26)10-9-17(27)20(19)28/h5-10,14,21H,2-4,11-13H2,1H3,(H,29,35)(H,30,36)(H,31,33)/t21-,26-/m0/s1. The quantitative estimate of drug-likeness (QED) is 0.517. The van der Waals surface area contributed by atoms with Crippen LogP contribution in [0.4, 0.5) is 25.4 Å². The molecular formula is C26H26ClFN4O6. The van der Waals surface area contributed by atoms with E-state index in [1.54, 1.807) is 12.1 Å². The Balaban J connectivity index is 1.34. The number of hydrogen-bond acceptors (Lipinski definition) is 6. The normalized spacial score (nSPS) is 21.0. The van der Waals surface area contributed by atoms with E-state index in [9.17, 15) is 19.2 Å². The fraction of sp³-hybridized carbons (Fsp3) is 0.385. The molecule has 1 saturated carbocycles. The molecule has 1 spiro atoms. The molecule has 1 aliphatic carbocycles. The van der Waals surface area contributed by atoms with Crippen molar-refractivity contribution in [2.45, 2.75) is 37.3 Å². The number of likely N-dealkylation sites (tertiary alicyclic amines) is 1. The molecule has 2 aliphatic heterocycles. The summed E-state index contributed by atoms with van der Waals surface area (Å²) in [5.41, 5.74) is -0.247. The second kappa shape index (κ2) is 10.1. The first-order chi connectivity index (χ1) is 18.2. The van der Waals surface area contributed by atoms with E-state index >= 15 is 4.39 Å². The molecule has 10 nitrogen and oxygen atoms in total. The highest BCUT2D eigenvalue weighted by Crippen LogP contribution is 2.45. The zero-order chi connectivity index (χ0) is 27.0. The average molecular weight is 545 g/mol. The summed E-state index contributed by atoms with van der Waals surface area (Å²) in [5, 5.41) is 7.75. The number of halogens is 2. The molecule has 3 N–H and O–H groups in total. The lowest BCUT2D eigenvalue weighted by molar-refractivity contribution is -0.141. The minimum atomic E-state index is -1.39. The van der Waals surface area contributed by atoms with Crippen LogP contribution in [0.2, 0.25) is 5.02 Å². The summed E-state index contributed by atoms with van der Waals surface area (Å²) in [4.78, 5) is 52.0. The third kappa shape index (κ3) is 4.98. The van der Waals surface area contributed by atoms with Crippen molar-refractivity contribution >= 4 is 47.0 Å². The van der Waals surface area contributed by atoms with Gasteiger partial charge in [-0.25, -0.2) is 14.0 Å². The lowest BCUT2D eigenvalue weighted by Crippen LogP contribution is -2.58. The second-order valence-electron chi connectivity index (χ2n) is 9.64. The molecule has 0 unspecified atom stereocenters. The highest BCUT2D eigenvalue weighted by Gasteiger charge is 2.50. The number of benzene rings is 2. The average Bonchev–Trinajstić information content (AvgIpc) is 3.74. The predicted octanol–water partition coefficient (Wildman–Crippen LogP) is 4.25. The number of methoxy groups -OCH3 is 1. The van der Waals surface area contributed by atoms with Crippen LogP contribution in [0, 0.1) is 11.7 Å². The number of nitrogens with zero attached hydrogens (tertiary/aromatic N) is 1. The van der Waals surface area contributed by atoms with Gasteiger partial charge < -0.3 is 19.7 Å². The van der Waals surface area contributed by atoms with Crippen LogP contribution in [-0.2, 0) is 19.9 Å². The summed E-state index contributed by atoms with van der Waals surface area (Å²) in [6.45, 7) is 0.312. The van der Waals surface area contributed by atoms with E-state index in [4.69, 9.17) is 16.3 Å². The van der Waals surface area contributed by atoms with Crippen molar-refractivity contribution in [2.24, 2.45) is 5.92 Å². The second-order valence-corrected chi connectivity index (χ2v) is 10.0. The Hall–Kier alpha value is -3.86. The summed E-state index contributed by atoms with van der Waals surface area (Å²) in [7, 11) is 1.25. The van der Waals surface area contributed by atoms with Gasteiger partial charge in [-0.05, 0) is 68.0 Å². The molecule has 0 radical (unpaired) electrons. The molecule has 38 heavy (non-hydrogen) atoms. The van der Waals surface area contributed by atoms with Crippen molar-refractivity contribution in [3.63, 3.8) is 0 Å². The Labute approximate surface area is 222 Å². The molecule has 1 saturated heterocycles. The fourth-order valence-electron chi connectivity index (χ4n) is 5.07. The summed E-state index contributed by atoms with van der Waals surface area (Å²) in [5.74, 6) is -1.49. The highest BCUT2D eigenvalue weighted by atomic mass is 35.5. The molecule has 200 valence electrons. The molecule has 0 aromatic heterocycles. The molecule has 4 amide bonds. The lowest BCUT2D eigenvalue weighted by Gasteiger charge is -2.45. The van der Waals surface area contributed by atoms with E-state index in [2.05, 4.69) is 20.7 Å². The third-order valence-electron chi connectivity index (χ3n) is 7.07. The summed E-state index contributed by atoms with van der Waals surface area (Å²) in [6.07, 6.45) is 0.981. The Morgan fingerprint density at radius 2 is 1.95 bits per heavy atom. The molecule has 2 atom stereocenters. The van der Waals surface area contributed by atoms with Gasteiger partial charge in [0.05, 0.1) is 29.9 Å². The first-order valence-corrected chi connectivity index (χ1v) is 12.6. The molecule has 2 aromatic rings. The Morgan fingerprint density at radius 1 is 1.21 bits per heavy atom. The zero-order valence-electron chi connectivity index (χ0n) is 20.5. The fourth-order valence-corrected chi connectivity index (χ4v) is 5.22. The van der Waals surface area contributed by atoms with E-state index in [1.807, 2.05) is 0 Å². The molecule has 3 aliphatic rings. The number of hydrogen-bond donors (Lipinski definition) is 3. The molecular weight excluding hydrogens is 519 g/mol. The van der Waals surface area contributed by atoms with Crippen molar-refractivity contribution in [3.05, 3.63) is 58.4 Å². The van der Waals surface area contributed by atoms with E-state index in [1.165, 1.54) is 36.3 Å². The van der Waals surface area contributed by atoms with Crippen LogP contribution >= 0.6 is 11.6 Å². The molecule has 0 bridgehead atoms. The van der Waals surface area contributed by atoms with Crippen LogP contribution in [0.3, 0.4) is 0 Å². The molecule has 2 heterocycles. The first kappa shape index (κ1) is 25.8. The molecule has 12 heteroatoms. The maximum Gasteiger partial charge on any atom is 0.412 e. The molecule has 2 fully saturated rings. The first-order valence-electron chi connectivity index (χ1n) is 12.2. The van der Waals surface area contributed by atoms with Gasteiger partial charge in [0.25, 0.3) is 5.91 Å². The van der Waals surface area contributed by atoms with Crippen molar-refractivity contribution in [1.82, 2.24) is 10.2 Å². The van der Waals surface area contributed by atoms with Gasteiger partial charge >= 0.3 is 12.2 Å². The van der Waals surface area contributed by atoms with Crippen molar-refractivity contribution in [3.8, 4) is 0 Å². The van der Waals surface area contributed by atoms with Crippen LogP contribution in [-0.4, -0.2) is 55.1 Å². The van der Waals surface area contributed by atoms with Gasteiger partial charge in [0.15, 0.2) is 11.4 Å². The van der Waals surface area contributed by atoms with Crippen LogP contribution < -0.4 is 16.0 Å². The minimum absolute atomic E-state index is 0.0290. The largest absolute Gasteiger partial charge is 0.453 e. The van der Waals surface area contributed by atoms with Crippen LogP contribution in [0.5, 0.6) is 0 Å². The van der Waals surface area contributed by atoms with Crippen LogP contribution in [0.1, 0.15) is 41.6 Å². The summed E-state index contributed by atoms with van der Waals surface area (Å²) < 4.78 is 25.4. The highest BCUT2D eigenvalue weighted by molar-refractivity contribution is 6.31. The zero-order valence-corrected chi connectivity index (χ0v) is 21.3. The van der Waals surface area contributed by atoms with Crippen molar-refractivity contribution in [2.75, 3.05) is 30.8 Å². The topological polar surface area (TPSA) is 126 Å². The number of carbonyl (C=O) groups excluding carboxylic acids is 4. The number of rotatable bonds is 5. The van der Waals surface area contributed by atoms with Gasteiger partial charge in [0.1, 0.15) is 6.04 Å². The van der Waals surface area contributed by atoms with Gasteiger partial charge in [0.2, 0.25) is 5.91 Å². The maximum atomic E-state index is 15.2. The number of piperidine rings is 1. The van der Waals surface area contributed by atoms with Crippen molar-refractivity contribution in [1.29, 1.82) is 0 Å². The Kier molecular flexibility index (Phi) is 6.87. The van der Waals surface area contributed by atoms with Gasteiger partial charge in [-0.2, -0.15) is 0 Å². The van der Waals surface area contributed by atoms with E-state index < -0.39 is 35.6 Å². The molecule has 5 rings (SSSR count). The van der Waals surface area contributed by atoms with Crippen LogP contribution in [0.25, 0.3) is 0 Å². The van der Waals surface area contributed by atoms with Gasteiger partial charge in [-0.3, -0.25) is 20.2 Å². The number of fused-ring (bicyclic) bond motifs is 2. The monoisotopic (exact) mass is 544 g/mol. The Bertz CT molecular complexity index is 1300. The summed E-state index contributed by atoms with van der Waals surface area (Å²) >= 11 is 6.04. The molecule has 2 aromatic carbocycles. The van der Waals surface area contributed by atoms with E-state index in [0.29, 0.717) is 30.6 Å². The van der Waals surface area contributed by atoms with Gasteiger partial charge in [0, 0.05) is 17.8 Å². The van der Waals surface area contributed by atoms with Crippen LogP contribution in [0.15, 0.2) is 36.4 Å². The van der Waals surface area contributed by atoms with Crippen molar-refractivity contribution < 1.29 is 33.0 Å². The van der Waals surface area contributed by atoms with Gasteiger partial charge in [-0.15, -0.1) is 0 Å². The lowest BCUT2D eigenvalue weighted by atomic mass is 9.82. The number of amides is 4.